The zero-order valence-corrected chi connectivity index (χ0v) is 16.9. The lowest BCUT2D eigenvalue weighted by Crippen LogP contribution is -2.30. The molecule has 0 bridgehead atoms. The van der Waals surface area contributed by atoms with E-state index in [2.05, 4.69) is 5.32 Å². The number of amides is 1. The van der Waals surface area contributed by atoms with Crippen LogP contribution >= 0.6 is 0 Å². The van der Waals surface area contributed by atoms with Crippen LogP contribution in [0.15, 0.2) is 42.5 Å². The van der Waals surface area contributed by atoms with Crippen molar-refractivity contribution in [3.8, 4) is 0 Å². The predicted molar refractivity (Wildman–Crippen MR) is 113 cm³/mol. The van der Waals surface area contributed by atoms with Gasteiger partial charge in [-0.2, -0.15) is 0 Å². The van der Waals surface area contributed by atoms with E-state index in [1.54, 1.807) is 6.92 Å². The summed E-state index contributed by atoms with van der Waals surface area (Å²) in [5.41, 5.74) is 5.99. The smallest absolute Gasteiger partial charge is 0.339 e. The standard InChI is InChI=1S/C24H24N2O3/c1-14-11-12-15(2)21(13-14)26-23(27)16(3)29-24(28)22-17-7-4-5-9-19(17)25-20-10-6-8-18(20)22/h4-5,7,9,11-13,16H,6,8,10H2,1-3H3,(H,26,27)/t16-/m0/s1. The number of nitrogens with zero attached hydrogens (tertiary/aromatic N) is 1. The van der Waals surface area contributed by atoms with Gasteiger partial charge in [-0.15, -0.1) is 0 Å². The van der Waals surface area contributed by atoms with Gasteiger partial charge in [0.2, 0.25) is 0 Å². The summed E-state index contributed by atoms with van der Waals surface area (Å²) >= 11 is 0. The van der Waals surface area contributed by atoms with Gasteiger partial charge in [0.1, 0.15) is 0 Å². The van der Waals surface area contributed by atoms with Gasteiger partial charge in [-0.1, -0.05) is 30.3 Å². The molecule has 0 unspecified atom stereocenters. The van der Waals surface area contributed by atoms with E-state index in [9.17, 15) is 9.59 Å². The zero-order valence-electron chi connectivity index (χ0n) is 16.9. The van der Waals surface area contributed by atoms with Crippen molar-refractivity contribution >= 4 is 28.5 Å². The molecule has 1 N–H and O–H groups in total. The molecule has 0 spiro atoms. The molecule has 29 heavy (non-hydrogen) atoms. The molecule has 1 heterocycles. The number of rotatable bonds is 4. The van der Waals surface area contributed by atoms with Crippen molar-refractivity contribution in [3.63, 3.8) is 0 Å². The van der Waals surface area contributed by atoms with Crippen LogP contribution in [0.25, 0.3) is 10.9 Å². The predicted octanol–water partition coefficient (Wildman–Crippen LogP) is 4.52. The van der Waals surface area contributed by atoms with Crippen molar-refractivity contribution in [2.24, 2.45) is 0 Å². The number of pyridine rings is 1. The first-order valence-electron chi connectivity index (χ1n) is 9.93. The lowest BCUT2D eigenvalue weighted by atomic mass is 10.0. The monoisotopic (exact) mass is 388 g/mol. The second-order valence-corrected chi connectivity index (χ2v) is 7.64. The quantitative estimate of drug-likeness (QED) is 0.667. The Bertz CT molecular complexity index is 1120. The van der Waals surface area contributed by atoms with Crippen LogP contribution < -0.4 is 5.32 Å². The van der Waals surface area contributed by atoms with Gasteiger partial charge in [0.25, 0.3) is 5.91 Å². The lowest BCUT2D eigenvalue weighted by molar-refractivity contribution is -0.123. The summed E-state index contributed by atoms with van der Waals surface area (Å²) in [6.07, 6.45) is 1.73. The van der Waals surface area contributed by atoms with Crippen molar-refractivity contribution in [1.82, 2.24) is 4.98 Å². The number of ether oxygens (including phenoxy) is 1. The average molecular weight is 388 g/mol. The maximum absolute atomic E-state index is 13.1. The van der Waals surface area contributed by atoms with Gasteiger partial charge < -0.3 is 10.1 Å². The molecule has 1 aliphatic rings. The SMILES string of the molecule is Cc1ccc(C)c(NC(=O)[C@H](C)OC(=O)c2c3c(nc4ccccc24)CCC3)c1. The molecule has 0 saturated heterocycles. The van der Waals surface area contributed by atoms with Crippen LogP contribution in [0.5, 0.6) is 0 Å². The highest BCUT2D eigenvalue weighted by molar-refractivity contribution is 6.06. The molecule has 1 aromatic heterocycles. The first-order chi connectivity index (χ1) is 13.9. The van der Waals surface area contributed by atoms with E-state index >= 15 is 0 Å². The number of aromatic nitrogens is 1. The Morgan fingerprint density at radius 3 is 2.72 bits per heavy atom. The van der Waals surface area contributed by atoms with Gasteiger partial charge in [0.15, 0.2) is 6.10 Å². The molecule has 1 aliphatic carbocycles. The van der Waals surface area contributed by atoms with Crippen molar-refractivity contribution in [3.05, 3.63) is 70.4 Å². The summed E-state index contributed by atoms with van der Waals surface area (Å²) in [4.78, 5) is 30.4. The number of hydrogen-bond acceptors (Lipinski definition) is 4. The van der Waals surface area contributed by atoms with Gasteiger partial charge in [-0.25, -0.2) is 4.79 Å². The second kappa shape index (κ2) is 7.66. The molecule has 3 aromatic rings. The van der Waals surface area contributed by atoms with Gasteiger partial charge in [0, 0.05) is 16.8 Å². The molecule has 0 aliphatic heterocycles. The maximum atomic E-state index is 13.1. The molecule has 5 nitrogen and oxygen atoms in total. The molecule has 0 fully saturated rings. The fourth-order valence-corrected chi connectivity index (χ4v) is 3.82. The molecule has 148 valence electrons. The molecular weight excluding hydrogens is 364 g/mol. The number of carbonyl (C=O) groups is 2. The summed E-state index contributed by atoms with van der Waals surface area (Å²) in [5, 5.41) is 3.65. The molecule has 4 rings (SSSR count). The zero-order chi connectivity index (χ0) is 20.5. The van der Waals surface area contributed by atoms with Gasteiger partial charge in [0.05, 0.1) is 11.1 Å². The normalized spacial score (nSPS) is 13.8. The minimum atomic E-state index is -0.911. The molecule has 2 aromatic carbocycles. The van der Waals surface area contributed by atoms with Crippen LogP contribution in [0.1, 0.15) is 46.1 Å². The Labute approximate surface area is 170 Å². The van der Waals surface area contributed by atoms with E-state index in [-0.39, 0.29) is 5.91 Å². The first-order valence-corrected chi connectivity index (χ1v) is 9.93. The molecule has 5 heteroatoms. The van der Waals surface area contributed by atoms with Crippen LogP contribution in [0.2, 0.25) is 0 Å². The summed E-state index contributed by atoms with van der Waals surface area (Å²) in [6, 6.07) is 13.4. The van der Waals surface area contributed by atoms with Gasteiger partial charge in [-0.05, 0) is 68.9 Å². The number of esters is 1. The number of fused-ring (bicyclic) bond motifs is 2. The highest BCUT2D eigenvalue weighted by Gasteiger charge is 2.27. The summed E-state index contributed by atoms with van der Waals surface area (Å²) in [7, 11) is 0. The molecular formula is C24H24N2O3. The maximum Gasteiger partial charge on any atom is 0.339 e. The van der Waals surface area contributed by atoms with E-state index in [0.29, 0.717) is 5.56 Å². The van der Waals surface area contributed by atoms with Crippen LogP contribution in [0.3, 0.4) is 0 Å². The lowest BCUT2D eigenvalue weighted by Gasteiger charge is -2.17. The third-order valence-electron chi connectivity index (χ3n) is 5.43. The van der Waals surface area contributed by atoms with Crippen molar-refractivity contribution in [2.45, 2.75) is 46.1 Å². The Morgan fingerprint density at radius 1 is 1.10 bits per heavy atom. The number of aryl methyl sites for hydroxylation is 3. The summed E-state index contributed by atoms with van der Waals surface area (Å²) in [6.45, 7) is 5.49. The number of hydrogen-bond donors (Lipinski definition) is 1. The third kappa shape index (κ3) is 3.73. The highest BCUT2D eigenvalue weighted by Crippen LogP contribution is 2.30. The molecule has 0 radical (unpaired) electrons. The Morgan fingerprint density at radius 2 is 1.90 bits per heavy atom. The number of carbonyl (C=O) groups excluding carboxylic acids is 2. The van der Waals surface area contributed by atoms with Crippen LogP contribution in [-0.4, -0.2) is 23.0 Å². The van der Waals surface area contributed by atoms with E-state index in [4.69, 9.17) is 9.72 Å². The first kappa shape index (κ1) is 19.1. The van der Waals surface area contributed by atoms with Crippen LogP contribution in [0.4, 0.5) is 5.69 Å². The van der Waals surface area contributed by atoms with E-state index < -0.39 is 12.1 Å². The minimum absolute atomic E-state index is 0.345. The largest absolute Gasteiger partial charge is 0.449 e. The molecule has 1 amide bonds. The average Bonchev–Trinajstić information content (AvgIpc) is 3.16. The topological polar surface area (TPSA) is 68.3 Å². The number of benzene rings is 2. The minimum Gasteiger partial charge on any atom is -0.449 e. The van der Waals surface area contributed by atoms with E-state index in [1.807, 2.05) is 56.3 Å². The van der Waals surface area contributed by atoms with Crippen LogP contribution in [0, 0.1) is 13.8 Å². The van der Waals surface area contributed by atoms with Crippen molar-refractivity contribution in [2.75, 3.05) is 5.32 Å². The summed E-state index contributed by atoms with van der Waals surface area (Å²) < 4.78 is 5.60. The highest BCUT2D eigenvalue weighted by atomic mass is 16.5. The van der Waals surface area contributed by atoms with Gasteiger partial charge in [-0.3, -0.25) is 9.78 Å². The fourth-order valence-electron chi connectivity index (χ4n) is 3.82. The van der Waals surface area contributed by atoms with Crippen LogP contribution in [-0.2, 0) is 22.4 Å². The molecule has 0 saturated carbocycles. The number of para-hydroxylation sites is 1. The molecule has 1 atom stereocenters. The van der Waals surface area contributed by atoms with Crippen molar-refractivity contribution < 1.29 is 14.3 Å². The van der Waals surface area contributed by atoms with Crippen molar-refractivity contribution in [1.29, 1.82) is 0 Å². The fraction of sp³-hybridized carbons (Fsp3) is 0.292. The Balaban J connectivity index is 1.58. The second-order valence-electron chi connectivity index (χ2n) is 7.64. The third-order valence-corrected chi connectivity index (χ3v) is 5.43. The summed E-state index contributed by atoms with van der Waals surface area (Å²) in [5.74, 6) is -0.813. The van der Waals surface area contributed by atoms with E-state index in [0.717, 1.165) is 58.2 Å². The van der Waals surface area contributed by atoms with Gasteiger partial charge >= 0.3 is 5.97 Å². The number of anilines is 1. The Kier molecular flexibility index (Phi) is 5.05. The van der Waals surface area contributed by atoms with E-state index in [1.165, 1.54) is 0 Å². The Hall–Kier alpha value is -3.21. The number of nitrogens with one attached hydrogen (secondary N) is 1.